The second-order valence-electron chi connectivity index (χ2n) is 6.66. The number of nitrogens with one attached hydrogen (secondary N) is 2. The van der Waals surface area contributed by atoms with E-state index in [-0.39, 0.29) is 6.03 Å². The molecule has 1 aromatic heterocycles. The van der Waals surface area contributed by atoms with Gasteiger partial charge >= 0.3 is 6.03 Å². The van der Waals surface area contributed by atoms with Crippen molar-refractivity contribution in [3.8, 4) is 0 Å². The zero-order valence-corrected chi connectivity index (χ0v) is 14.2. The van der Waals surface area contributed by atoms with Crippen LogP contribution in [0.5, 0.6) is 0 Å². The molecule has 0 aliphatic carbocycles. The van der Waals surface area contributed by atoms with Crippen LogP contribution in [0, 0.1) is 12.8 Å². The first-order valence-electron chi connectivity index (χ1n) is 8.25. The Labute approximate surface area is 133 Å². The van der Waals surface area contributed by atoms with Gasteiger partial charge in [0.15, 0.2) is 0 Å². The second kappa shape index (κ2) is 7.63. The molecule has 1 saturated heterocycles. The zero-order valence-electron chi connectivity index (χ0n) is 14.2. The average Bonchev–Trinajstić information content (AvgIpc) is 3.05. The van der Waals surface area contributed by atoms with E-state index in [2.05, 4.69) is 34.5 Å². The number of anilines is 1. The first-order chi connectivity index (χ1) is 10.5. The van der Waals surface area contributed by atoms with Gasteiger partial charge in [-0.3, -0.25) is 14.9 Å². The molecule has 6 nitrogen and oxygen atoms in total. The van der Waals surface area contributed by atoms with Gasteiger partial charge in [-0.2, -0.15) is 5.10 Å². The highest BCUT2D eigenvalue weighted by Gasteiger charge is 2.23. The van der Waals surface area contributed by atoms with Crippen LogP contribution in [0.2, 0.25) is 0 Å². The average molecular weight is 307 g/mol. The number of hydrogen-bond donors (Lipinski definition) is 2. The fourth-order valence-electron chi connectivity index (χ4n) is 3.11. The van der Waals surface area contributed by atoms with E-state index in [0.717, 1.165) is 31.0 Å². The Bertz CT molecular complexity index is 491. The second-order valence-corrected chi connectivity index (χ2v) is 6.66. The molecule has 124 valence electrons. The van der Waals surface area contributed by atoms with Crippen molar-refractivity contribution in [3.63, 3.8) is 0 Å². The monoisotopic (exact) mass is 307 g/mol. The zero-order chi connectivity index (χ0) is 16.1. The van der Waals surface area contributed by atoms with Gasteiger partial charge < -0.3 is 5.32 Å². The predicted molar refractivity (Wildman–Crippen MR) is 89.0 cm³/mol. The van der Waals surface area contributed by atoms with Crippen LogP contribution >= 0.6 is 0 Å². The standard InChI is InChI=1S/C16H29N5O/c1-12(2)9-14(21-7-5-6-8-21)11-17-16(22)18-15-10-13(3)19-20(15)4/h10,12,14H,5-9,11H2,1-4H3,(H2,17,18,22)/t14-/m1/s1. The van der Waals surface area contributed by atoms with Crippen molar-refractivity contribution in [1.29, 1.82) is 0 Å². The highest BCUT2D eigenvalue weighted by molar-refractivity contribution is 5.88. The Morgan fingerprint density at radius 3 is 2.59 bits per heavy atom. The largest absolute Gasteiger partial charge is 0.336 e. The van der Waals surface area contributed by atoms with Crippen LogP contribution < -0.4 is 10.6 Å². The lowest BCUT2D eigenvalue weighted by atomic mass is 10.0. The summed E-state index contributed by atoms with van der Waals surface area (Å²) in [6, 6.07) is 2.14. The molecule has 2 N–H and O–H groups in total. The Balaban J connectivity index is 1.85. The summed E-state index contributed by atoms with van der Waals surface area (Å²) in [6.07, 6.45) is 3.66. The summed E-state index contributed by atoms with van der Waals surface area (Å²) in [4.78, 5) is 14.6. The SMILES string of the molecule is Cc1cc(NC(=O)NC[C@@H](CC(C)C)N2CCCC2)n(C)n1. The molecule has 2 rings (SSSR count). The Kier molecular flexibility index (Phi) is 5.83. The topological polar surface area (TPSA) is 62.2 Å². The highest BCUT2D eigenvalue weighted by atomic mass is 16.2. The van der Waals surface area contributed by atoms with Crippen molar-refractivity contribution >= 4 is 11.8 Å². The first kappa shape index (κ1) is 16.8. The van der Waals surface area contributed by atoms with E-state index >= 15 is 0 Å². The van der Waals surface area contributed by atoms with Crippen LogP contribution in [-0.4, -0.2) is 46.4 Å². The van der Waals surface area contributed by atoms with Crippen molar-refractivity contribution in [1.82, 2.24) is 20.0 Å². The molecule has 0 saturated carbocycles. The molecule has 0 radical (unpaired) electrons. The van der Waals surface area contributed by atoms with Crippen molar-refractivity contribution in [2.75, 3.05) is 25.0 Å². The van der Waals surface area contributed by atoms with Crippen LogP contribution in [0.25, 0.3) is 0 Å². The molecule has 1 fully saturated rings. The van der Waals surface area contributed by atoms with Crippen LogP contribution in [0.1, 0.15) is 38.8 Å². The van der Waals surface area contributed by atoms with Gasteiger partial charge in [-0.15, -0.1) is 0 Å². The minimum absolute atomic E-state index is 0.157. The summed E-state index contributed by atoms with van der Waals surface area (Å²) in [6.45, 7) is 9.39. The van der Waals surface area contributed by atoms with E-state index in [9.17, 15) is 4.79 Å². The van der Waals surface area contributed by atoms with Gasteiger partial charge in [0, 0.05) is 25.7 Å². The number of hydrogen-bond acceptors (Lipinski definition) is 3. The molecule has 6 heteroatoms. The maximum Gasteiger partial charge on any atom is 0.320 e. The highest BCUT2D eigenvalue weighted by Crippen LogP contribution is 2.17. The molecule has 2 amide bonds. The van der Waals surface area contributed by atoms with Crippen LogP contribution in [0.3, 0.4) is 0 Å². The molecule has 1 atom stereocenters. The Morgan fingerprint density at radius 2 is 2.05 bits per heavy atom. The van der Waals surface area contributed by atoms with E-state index in [1.807, 2.05) is 20.0 Å². The Hall–Kier alpha value is -1.56. The number of amides is 2. The summed E-state index contributed by atoms with van der Waals surface area (Å²) in [5, 5.41) is 10.1. The number of carbonyl (C=O) groups excluding carboxylic acids is 1. The maximum absolute atomic E-state index is 12.1. The van der Waals surface area contributed by atoms with Crippen molar-refractivity contribution in [2.24, 2.45) is 13.0 Å². The summed E-state index contributed by atoms with van der Waals surface area (Å²) in [5.74, 6) is 1.35. The molecular weight excluding hydrogens is 278 g/mol. The fraction of sp³-hybridized carbons (Fsp3) is 0.750. The van der Waals surface area contributed by atoms with Gasteiger partial charge in [0.25, 0.3) is 0 Å². The summed E-state index contributed by atoms with van der Waals surface area (Å²) in [7, 11) is 1.83. The summed E-state index contributed by atoms with van der Waals surface area (Å²) < 4.78 is 1.68. The van der Waals surface area contributed by atoms with Crippen molar-refractivity contribution < 1.29 is 4.79 Å². The Morgan fingerprint density at radius 1 is 1.36 bits per heavy atom. The molecule has 1 aromatic rings. The smallest absolute Gasteiger partial charge is 0.320 e. The van der Waals surface area contributed by atoms with E-state index < -0.39 is 0 Å². The number of aromatic nitrogens is 2. The number of carbonyl (C=O) groups is 1. The molecule has 2 heterocycles. The summed E-state index contributed by atoms with van der Waals surface area (Å²) in [5.41, 5.74) is 0.896. The molecule has 1 aliphatic heterocycles. The molecule has 0 aromatic carbocycles. The normalized spacial score (nSPS) is 17.0. The van der Waals surface area contributed by atoms with Gasteiger partial charge in [0.1, 0.15) is 5.82 Å². The van der Waals surface area contributed by atoms with Gasteiger partial charge in [0.2, 0.25) is 0 Å². The minimum atomic E-state index is -0.157. The fourth-order valence-corrected chi connectivity index (χ4v) is 3.11. The van der Waals surface area contributed by atoms with Gasteiger partial charge in [-0.05, 0) is 45.2 Å². The molecular formula is C16H29N5O. The van der Waals surface area contributed by atoms with Gasteiger partial charge in [0.05, 0.1) is 5.69 Å². The lowest BCUT2D eigenvalue weighted by Crippen LogP contribution is -2.44. The van der Waals surface area contributed by atoms with Gasteiger partial charge in [-0.1, -0.05) is 13.8 Å². The molecule has 22 heavy (non-hydrogen) atoms. The third kappa shape index (κ3) is 4.73. The third-order valence-corrected chi connectivity index (χ3v) is 4.14. The maximum atomic E-state index is 12.1. The molecule has 0 spiro atoms. The van der Waals surface area contributed by atoms with E-state index in [0.29, 0.717) is 18.5 Å². The first-order valence-corrected chi connectivity index (χ1v) is 8.25. The molecule has 1 aliphatic rings. The lowest BCUT2D eigenvalue weighted by Gasteiger charge is -2.29. The van der Waals surface area contributed by atoms with Gasteiger partial charge in [-0.25, -0.2) is 4.79 Å². The quantitative estimate of drug-likeness (QED) is 0.848. The predicted octanol–water partition coefficient (Wildman–Crippen LogP) is 2.36. The number of rotatable bonds is 6. The number of nitrogens with zero attached hydrogens (tertiary/aromatic N) is 3. The van der Waals surface area contributed by atoms with Crippen LogP contribution in [0.4, 0.5) is 10.6 Å². The van der Waals surface area contributed by atoms with Crippen LogP contribution in [0.15, 0.2) is 6.07 Å². The lowest BCUT2D eigenvalue weighted by molar-refractivity contribution is 0.204. The summed E-state index contributed by atoms with van der Waals surface area (Å²) >= 11 is 0. The number of likely N-dealkylation sites (tertiary alicyclic amines) is 1. The molecule has 0 bridgehead atoms. The number of urea groups is 1. The third-order valence-electron chi connectivity index (χ3n) is 4.14. The van der Waals surface area contributed by atoms with E-state index in [1.165, 1.54) is 12.8 Å². The van der Waals surface area contributed by atoms with E-state index in [1.54, 1.807) is 4.68 Å². The van der Waals surface area contributed by atoms with Crippen molar-refractivity contribution in [2.45, 2.75) is 46.1 Å². The number of aryl methyl sites for hydroxylation is 2. The van der Waals surface area contributed by atoms with Crippen molar-refractivity contribution in [3.05, 3.63) is 11.8 Å². The minimum Gasteiger partial charge on any atom is -0.336 e. The van der Waals surface area contributed by atoms with Crippen LogP contribution in [-0.2, 0) is 7.05 Å². The molecule has 0 unspecified atom stereocenters. The van der Waals surface area contributed by atoms with E-state index in [4.69, 9.17) is 0 Å².